The number of carbonyl (C=O) groups excluding carboxylic acids is 1. The Hall–Kier alpha value is -0.610. The van der Waals surface area contributed by atoms with Crippen LogP contribution in [-0.2, 0) is 4.79 Å². The molecule has 1 rings (SSSR count). The summed E-state index contributed by atoms with van der Waals surface area (Å²) in [6.07, 6.45) is 2.11. The molecule has 16 heavy (non-hydrogen) atoms. The van der Waals surface area contributed by atoms with Crippen molar-refractivity contribution in [3.8, 4) is 0 Å². The quantitative estimate of drug-likeness (QED) is 0.741. The fourth-order valence-electron chi connectivity index (χ4n) is 2.04. The van der Waals surface area contributed by atoms with E-state index >= 15 is 0 Å². The second-order valence-electron chi connectivity index (χ2n) is 5.39. The third-order valence-electron chi connectivity index (χ3n) is 3.02. The number of unbranched alkanes of at least 4 members (excludes halogenated alkanes) is 1. The van der Waals surface area contributed by atoms with Crippen LogP contribution in [0.25, 0.3) is 0 Å². The van der Waals surface area contributed by atoms with Crippen molar-refractivity contribution in [3.63, 3.8) is 0 Å². The van der Waals surface area contributed by atoms with Crippen LogP contribution in [0, 0.1) is 5.41 Å². The number of nitrogens with one attached hydrogen (secondary N) is 1. The monoisotopic (exact) mass is 228 g/mol. The molecule has 4 heteroatoms. The van der Waals surface area contributed by atoms with Gasteiger partial charge >= 0.3 is 0 Å². The predicted molar refractivity (Wildman–Crippen MR) is 64.1 cm³/mol. The van der Waals surface area contributed by atoms with Crippen molar-refractivity contribution in [2.75, 3.05) is 26.2 Å². The summed E-state index contributed by atoms with van der Waals surface area (Å²) >= 11 is 0. The van der Waals surface area contributed by atoms with Gasteiger partial charge in [-0.2, -0.15) is 0 Å². The molecule has 1 saturated heterocycles. The second-order valence-corrected chi connectivity index (χ2v) is 5.39. The molecule has 1 unspecified atom stereocenters. The van der Waals surface area contributed by atoms with Crippen LogP contribution in [0.2, 0.25) is 0 Å². The molecular weight excluding hydrogens is 204 g/mol. The second kappa shape index (κ2) is 5.64. The highest BCUT2D eigenvalue weighted by molar-refractivity contribution is 5.82. The highest BCUT2D eigenvalue weighted by Gasteiger charge is 2.33. The Balaban J connectivity index is 2.72. The zero-order valence-corrected chi connectivity index (χ0v) is 10.6. The van der Waals surface area contributed by atoms with Crippen LogP contribution in [0.5, 0.6) is 0 Å². The molecule has 94 valence electrons. The number of aliphatic hydroxyl groups is 1. The van der Waals surface area contributed by atoms with Gasteiger partial charge in [-0.1, -0.05) is 27.2 Å². The number of rotatable bonds is 4. The number of carbonyl (C=O) groups is 1. The molecule has 0 bridgehead atoms. The molecule has 0 radical (unpaired) electrons. The molecule has 0 aromatic carbocycles. The minimum absolute atomic E-state index is 0.0431. The Morgan fingerprint density at radius 3 is 2.81 bits per heavy atom. The van der Waals surface area contributed by atoms with Gasteiger partial charge in [0.1, 0.15) is 6.04 Å². The summed E-state index contributed by atoms with van der Waals surface area (Å²) in [5.74, 6) is 0.0431. The highest BCUT2D eigenvalue weighted by Crippen LogP contribution is 2.20. The van der Waals surface area contributed by atoms with Crippen LogP contribution in [0.3, 0.4) is 0 Å². The van der Waals surface area contributed by atoms with Gasteiger partial charge in [-0.05, 0) is 11.8 Å². The molecule has 0 aromatic rings. The van der Waals surface area contributed by atoms with Gasteiger partial charge < -0.3 is 15.3 Å². The van der Waals surface area contributed by atoms with Gasteiger partial charge in [0.25, 0.3) is 0 Å². The summed E-state index contributed by atoms with van der Waals surface area (Å²) in [7, 11) is 0. The number of hydrogen-bond acceptors (Lipinski definition) is 3. The summed E-state index contributed by atoms with van der Waals surface area (Å²) in [5, 5.41) is 12.3. The van der Waals surface area contributed by atoms with E-state index in [0.29, 0.717) is 0 Å². The third-order valence-corrected chi connectivity index (χ3v) is 3.02. The van der Waals surface area contributed by atoms with Crippen molar-refractivity contribution < 1.29 is 9.90 Å². The lowest BCUT2D eigenvalue weighted by atomic mass is 9.93. The van der Waals surface area contributed by atoms with Crippen molar-refractivity contribution in [2.45, 2.75) is 39.7 Å². The van der Waals surface area contributed by atoms with E-state index in [1.54, 1.807) is 0 Å². The molecule has 0 saturated carbocycles. The first-order chi connectivity index (χ1) is 7.50. The van der Waals surface area contributed by atoms with E-state index in [2.05, 4.69) is 26.1 Å². The predicted octanol–water partition coefficient (Wildman–Crippen LogP) is 0.605. The van der Waals surface area contributed by atoms with Gasteiger partial charge in [-0.3, -0.25) is 4.79 Å². The first-order valence-corrected chi connectivity index (χ1v) is 6.13. The van der Waals surface area contributed by atoms with Crippen molar-refractivity contribution in [3.05, 3.63) is 0 Å². The van der Waals surface area contributed by atoms with Crippen LogP contribution in [0.1, 0.15) is 33.6 Å². The lowest BCUT2D eigenvalue weighted by Gasteiger charge is -2.29. The maximum atomic E-state index is 12.1. The number of amides is 1. The summed E-state index contributed by atoms with van der Waals surface area (Å²) in [6, 6.07) is -0.418. The number of hydrogen-bond donors (Lipinski definition) is 2. The summed E-state index contributed by atoms with van der Waals surface area (Å²) in [4.78, 5) is 14.0. The fraction of sp³-hybridized carbons (Fsp3) is 0.917. The fourth-order valence-corrected chi connectivity index (χ4v) is 2.04. The van der Waals surface area contributed by atoms with E-state index < -0.39 is 6.04 Å². The lowest BCUT2D eigenvalue weighted by molar-refractivity contribution is -0.134. The molecule has 1 atom stereocenters. The Kier molecular flexibility index (Phi) is 4.74. The van der Waals surface area contributed by atoms with Gasteiger partial charge in [0.15, 0.2) is 0 Å². The molecule has 1 aliphatic rings. The van der Waals surface area contributed by atoms with Crippen LogP contribution >= 0.6 is 0 Å². The molecule has 1 fully saturated rings. The minimum Gasteiger partial charge on any atom is -0.394 e. The van der Waals surface area contributed by atoms with E-state index in [9.17, 15) is 9.90 Å². The average Bonchev–Trinajstić information content (AvgIpc) is 2.34. The first-order valence-electron chi connectivity index (χ1n) is 6.13. The van der Waals surface area contributed by atoms with Crippen molar-refractivity contribution in [2.24, 2.45) is 5.41 Å². The van der Waals surface area contributed by atoms with Gasteiger partial charge in [0.2, 0.25) is 5.91 Å². The molecule has 1 heterocycles. The maximum absolute atomic E-state index is 12.1. The van der Waals surface area contributed by atoms with Crippen molar-refractivity contribution in [1.29, 1.82) is 0 Å². The standard InChI is InChI=1S/C12H24N2O2/c1-4-5-6-14-9-12(2,3)8-13-10(7-15)11(14)16/h10,13,15H,4-9H2,1-3H3. The van der Waals surface area contributed by atoms with Crippen LogP contribution in [0.15, 0.2) is 0 Å². The van der Waals surface area contributed by atoms with E-state index in [1.807, 2.05) is 4.90 Å². The Bertz CT molecular complexity index is 241. The molecular formula is C12H24N2O2. The number of aliphatic hydroxyl groups excluding tert-OH is 1. The Morgan fingerprint density at radius 1 is 1.56 bits per heavy atom. The third kappa shape index (κ3) is 3.46. The minimum atomic E-state index is -0.418. The molecule has 2 N–H and O–H groups in total. The van der Waals surface area contributed by atoms with E-state index in [-0.39, 0.29) is 17.9 Å². The van der Waals surface area contributed by atoms with Gasteiger partial charge in [-0.25, -0.2) is 0 Å². The Labute approximate surface area is 98.0 Å². The van der Waals surface area contributed by atoms with Crippen LogP contribution in [0.4, 0.5) is 0 Å². The van der Waals surface area contributed by atoms with Crippen molar-refractivity contribution >= 4 is 5.91 Å². The SMILES string of the molecule is CCCCN1CC(C)(C)CNC(CO)C1=O. The summed E-state index contributed by atoms with van der Waals surface area (Å²) in [5.41, 5.74) is 0.0767. The normalized spacial score (nSPS) is 25.6. The zero-order chi connectivity index (χ0) is 12.2. The smallest absolute Gasteiger partial charge is 0.242 e. The first kappa shape index (κ1) is 13.5. The van der Waals surface area contributed by atoms with Crippen LogP contribution < -0.4 is 5.32 Å². The lowest BCUT2D eigenvalue weighted by Crippen LogP contribution is -2.46. The highest BCUT2D eigenvalue weighted by atomic mass is 16.3. The van der Waals surface area contributed by atoms with Crippen LogP contribution in [-0.4, -0.2) is 48.2 Å². The summed E-state index contributed by atoms with van der Waals surface area (Å²) in [6.45, 7) is 8.64. The van der Waals surface area contributed by atoms with Gasteiger partial charge in [0.05, 0.1) is 6.61 Å². The largest absolute Gasteiger partial charge is 0.394 e. The zero-order valence-electron chi connectivity index (χ0n) is 10.6. The molecule has 0 aliphatic carbocycles. The molecule has 0 aromatic heterocycles. The maximum Gasteiger partial charge on any atom is 0.242 e. The van der Waals surface area contributed by atoms with Gasteiger partial charge in [0, 0.05) is 19.6 Å². The molecule has 1 aliphatic heterocycles. The van der Waals surface area contributed by atoms with E-state index in [0.717, 1.165) is 32.5 Å². The number of nitrogens with zero attached hydrogens (tertiary/aromatic N) is 1. The van der Waals surface area contributed by atoms with E-state index in [1.165, 1.54) is 0 Å². The Morgan fingerprint density at radius 2 is 2.25 bits per heavy atom. The van der Waals surface area contributed by atoms with Gasteiger partial charge in [-0.15, -0.1) is 0 Å². The van der Waals surface area contributed by atoms with Crippen molar-refractivity contribution in [1.82, 2.24) is 10.2 Å². The average molecular weight is 228 g/mol. The van der Waals surface area contributed by atoms with E-state index in [4.69, 9.17) is 0 Å². The molecule has 0 spiro atoms. The molecule has 1 amide bonds. The summed E-state index contributed by atoms with van der Waals surface area (Å²) < 4.78 is 0. The topological polar surface area (TPSA) is 52.6 Å². The molecule has 4 nitrogen and oxygen atoms in total.